The first-order valence-corrected chi connectivity index (χ1v) is 5.07. The van der Waals surface area contributed by atoms with Crippen LogP contribution in [-0.4, -0.2) is 6.26 Å². The molecule has 72 valence electrons. The van der Waals surface area contributed by atoms with Gasteiger partial charge in [-0.2, -0.15) is 0 Å². The minimum atomic E-state index is -0.542. The van der Waals surface area contributed by atoms with E-state index in [1.54, 1.807) is 13.2 Å². The normalized spacial score (nSPS) is 13.0. The number of thioether (sulfide) groups is 1. The van der Waals surface area contributed by atoms with Crippen molar-refractivity contribution in [3.8, 4) is 0 Å². The standard InChI is InChI=1S/C9H11F2NS/c1-5(12)6-3-7(10)9(13-2)8(11)4-6/h3-5H,12H2,1-2H3. The average Bonchev–Trinajstić information content (AvgIpc) is 2.03. The summed E-state index contributed by atoms with van der Waals surface area (Å²) in [7, 11) is 0. The van der Waals surface area contributed by atoms with E-state index in [1.807, 2.05) is 0 Å². The Morgan fingerprint density at radius 3 is 2.08 bits per heavy atom. The molecule has 0 aromatic heterocycles. The summed E-state index contributed by atoms with van der Waals surface area (Å²) in [4.78, 5) is 0.0457. The summed E-state index contributed by atoms with van der Waals surface area (Å²) in [6.07, 6.45) is 1.63. The highest BCUT2D eigenvalue weighted by atomic mass is 32.2. The first-order chi connectivity index (χ1) is 6.06. The van der Waals surface area contributed by atoms with Gasteiger partial charge in [-0.15, -0.1) is 11.8 Å². The highest BCUT2D eigenvalue weighted by Crippen LogP contribution is 2.25. The first-order valence-electron chi connectivity index (χ1n) is 3.84. The molecule has 0 aliphatic carbocycles. The Morgan fingerprint density at radius 2 is 1.77 bits per heavy atom. The topological polar surface area (TPSA) is 26.0 Å². The summed E-state index contributed by atoms with van der Waals surface area (Å²) in [5.74, 6) is -1.08. The fraction of sp³-hybridized carbons (Fsp3) is 0.333. The number of nitrogens with two attached hydrogens (primary N) is 1. The van der Waals surface area contributed by atoms with Gasteiger partial charge in [-0.25, -0.2) is 8.78 Å². The monoisotopic (exact) mass is 203 g/mol. The second kappa shape index (κ2) is 4.07. The van der Waals surface area contributed by atoms with E-state index in [4.69, 9.17) is 5.73 Å². The molecule has 1 aromatic carbocycles. The van der Waals surface area contributed by atoms with Gasteiger partial charge in [0.15, 0.2) is 0 Å². The van der Waals surface area contributed by atoms with E-state index in [-0.39, 0.29) is 10.9 Å². The van der Waals surface area contributed by atoms with Crippen molar-refractivity contribution >= 4 is 11.8 Å². The fourth-order valence-electron chi connectivity index (χ4n) is 1.04. The Balaban J connectivity index is 3.20. The lowest BCUT2D eigenvalue weighted by atomic mass is 10.1. The lowest BCUT2D eigenvalue weighted by Gasteiger charge is -2.08. The number of rotatable bonds is 2. The van der Waals surface area contributed by atoms with E-state index < -0.39 is 11.6 Å². The van der Waals surface area contributed by atoms with E-state index in [2.05, 4.69) is 0 Å². The molecule has 0 aliphatic heterocycles. The summed E-state index contributed by atoms with van der Waals surface area (Å²) < 4.78 is 26.3. The summed E-state index contributed by atoms with van der Waals surface area (Å²) in [5.41, 5.74) is 5.98. The van der Waals surface area contributed by atoms with Gasteiger partial charge in [0.05, 0.1) is 4.90 Å². The highest BCUT2D eigenvalue weighted by molar-refractivity contribution is 7.98. The molecular formula is C9H11F2NS. The van der Waals surface area contributed by atoms with Crippen LogP contribution in [0, 0.1) is 11.6 Å². The molecule has 0 amide bonds. The van der Waals surface area contributed by atoms with Crippen LogP contribution in [0.5, 0.6) is 0 Å². The molecule has 1 nitrogen and oxygen atoms in total. The van der Waals surface area contributed by atoms with Crippen LogP contribution in [0.25, 0.3) is 0 Å². The molecule has 4 heteroatoms. The first kappa shape index (κ1) is 10.5. The number of hydrogen-bond donors (Lipinski definition) is 1. The van der Waals surface area contributed by atoms with E-state index in [1.165, 1.54) is 12.1 Å². The predicted molar refractivity (Wildman–Crippen MR) is 50.7 cm³/mol. The lowest BCUT2D eigenvalue weighted by molar-refractivity contribution is 0.534. The van der Waals surface area contributed by atoms with Crippen molar-refractivity contribution in [1.29, 1.82) is 0 Å². The van der Waals surface area contributed by atoms with Crippen molar-refractivity contribution in [1.82, 2.24) is 0 Å². The molecule has 1 atom stereocenters. The lowest BCUT2D eigenvalue weighted by Crippen LogP contribution is -2.06. The maximum absolute atomic E-state index is 13.2. The third-order valence-corrected chi connectivity index (χ3v) is 2.55. The Hall–Kier alpha value is -0.610. The molecule has 1 rings (SSSR count). The van der Waals surface area contributed by atoms with E-state index in [9.17, 15) is 8.78 Å². The smallest absolute Gasteiger partial charge is 0.140 e. The van der Waals surface area contributed by atoms with E-state index in [0.29, 0.717) is 5.56 Å². The van der Waals surface area contributed by atoms with Crippen molar-refractivity contribution in [3.05, 3.63) is 29.3 Å². The quantitative estimate of drug-likeness (QED) is 0.748. The van der Waals surface area contributed by atoms with Crippen LogP contribution < -0.4 is 5.73 Å². The van der Waals surface area contributed by atoms with Gasteiger partial charge >= 0.3 is 0 Å². The molecule has 0 radical (unpaired) electrons. The van der Waals surface area contributed by atoms with Crippen LogP contribution in [0.3, 0.4) is 0 Å². The van der Waals surface area contributed by atoms with Gasteiger partial charge in [-0.3, -0.25) is 0 Å². The van der Waals surface area contributed by atoms with Gasteiger partial charge in [-0.05, 0) is 30.9 Å². The molecule has 0 bridgehead atoms. The molecular weight excluding hydrogens is 192 g/mol. The summed E-state index contributed by atoms with van der Waals surface area (Å²) in [6.45, 7) is 1.69. The van der Waals surface area contributed by atoms with Crippen LogP contribution in [0.15, 0.2) is 17.0 Å². The van der Waals surface area contributed by atoms with Crippen LogP contribution in [-0.2, 0) is 0 Å². The molecule has 0 saturated carbocycles. The maximum atomic E-state index is 13.2. The van der Waals surface area contributed by atoms with Gasteiger partial charge < -0.3 is 5.73 Å². The number of hydrogen-bond acceptors (Lipinski definition) is 2. The zero-order chi connectivity index (χ0) is 10.0. The zero-order valence-electron chi connectivity index (χ0n) is 7.47. The van der Waals surface area contributed by atoms with Gasteiger partial charge in [0.25, 0.3) is 0 Å². The van der Waals surface area contributed by atoms with Gasteiger partial charge in [-0.1, -0.05) is 0 Å². The second-order valence-corrected chi connectivity index (χ2v) is 3.62. The number of benzene rings is 1. The predicted octanol–water partition coefficient (Wildman–Crippen LogP) is 2.71. The third kappa shape index (κ3) is 2.19. The molecule has 0 fully saturated rings. The Labute approximate surface area is 80.3 Å². The van der Waals surface area contributed by atoms with Gasteiger partial charge in [0, 0.05) is 6.04 Å². The maximum Gasteiger partial charge on any atom is 0.140 e. The molecule has 2 N–H and O–H groups in total. The van der Waals surface area contributed by atoms with Crippen molar-refractivity contribution in [2.45, 2.75) is 17.9 Å². The molecule has 1 aromatic rings. The largest absolute Gasteiger partial charge is 0.324 e. The molecule has 0 spiro atoms. The molecule has 1 unspecified atom stereocenters. The molecule has 0 saturated heterocycles. The minimum Gasteiger partial charge on any atom is -0.324 e. The van der Waals surface area contributed by atoms with Gasteiger partial charge in [0.2, 0.25) is 0 Å². The molecule has 0 aliphatic rings. The second-order valence-electron chi connectivity index (χ2n) is 2.81. The van der Waals surface area contributed by atoms with Crippen LogP contribution in [0.4, 0.5) is 8.78 Å². The SMILES string of the molecule is CSc1c(F)cc(C(C)N)cc1F. The van der Waals surface area contributed by atoms with Crippen LogP contribution >= 0.6 is 11.8 Å². The minimum absolute atomic E-state index is 0.0457. The van der Waals surface area contributed by atoms with Crippen molar-refractivity contribution < 1.29 is 8.78 Å². The van der Waals surface area contributed by atoms with Crippen LogP contribution in [0.2, 0.25) is 0 Å². The van der Waals surface area contributed by atoms with Crippen molar-refractivity contribution in [3.63, 3.8) is 0 Å². The Bertz CT molecular complexity index is 289. The molecule has 0 heterocycles. The fourth-order valence-corrected chi connectivity index (χ4v) is 1.55. The van der Waals surface area contributed by atoms with E-state index in [0.717, 1.165) is 11.8 Å². The Morgan fingerprint density at radius 1 is 1.31 bits per heavy atom. The van der Waals surface area contributed by atoms with Crippen LogP contribution in [0.1, 0.15) is 18.5 Å². The summed E-state index contributed by atoms with van der Waals surface area (Å²) in [5, 5.41) is 0. The number of halogens is 2. The third-order valence-electron chi connectivity index (χ3n) is 1.75. The zero-order valence-corrected chi connectivity index (χ0v) is 8.29. The van der Waals surface area contributed by atoms with Crippen molar-refractivity contribution in [2.24, 2.45) is 5.73 Å². The van der Waals surface area contributed by atoms with Gasteiger partial charge in [0.1, 0.15) is 11.6 Å². The Kier molecular flexibility index (Phi) is 3.27. The summed E-state index contributed by atoms with van der Waals surface area (Å²) >= 11 is 1.05. The van der Waals surface area contributed by atoms with Crippen molar-refractivity contribution in [2.75, 3.05) is 6.26 Å². The van der Waals surface area contributed by atoms with E-state index >= 15 is 0 Å². The molecule has 13 heavy (non-hydrogen) atoms. The average molecular weight is 203 g/mol. The highest BCUT2D eigenvalue weighted by Gasteiger charge is 2.11. The summed E-state index contributed by atoms with van der Waals surface area (Å²) in [6, 6.07) is 2.21.